The molecule has 0 bridgehead atoms. The minimum atomic E-state index is -5.85. The zero-order valence-corrected chi connectivity index (χ0v) is 19.3. The van der Waals surface area contributed by atoms with Crippen LogP contribution in [0.15, 0.2) is 12.3 Å². The van der Waals surface area contributed by atoms with Crippen LogP contribution in [0.4, 0.5) is 17.6 Å². The number of alkyl halides is 4. The van der Waals surface area contributed by atoms with Crippen molar-refractivity contribution in [2.45, 2.75) is 30.6 Å². The summed E-state index contributed by atoms with van der Waals surface area (Å²) in [6.07, 6.45) is -10.3. The lowest BCUT2D eigenvalue weighted by molar-refractivity contribution is -0.256. The average Bonchev–Trinajstić information content (AvgIpc) is 2.87. The van der Waals surface area contributed by atoms with Gasteiger partial charge in [0.1, 0.15) is 4.64 Å². The van der Waals surface area contributed by atoms with Gasteiger partial charge in [-0.3, -0.25) is 9.09 Å². The molecule has 1 aliphatic rings. The summed E-state index contributed by atoms with van der Waals surface area (Å²) in [6.45, 7) is -1.28. The summed E-state index contributed by atoms with van der Waals surface area (Å²) in [4.78, 5) is 37.6. The molecule has 2 heterocycles. The van der Waals surface area contributed by atoms with Crippen LogP contribution in [0.25, 0.3) is 0 Å². The lowest BCUT2D eigenvalue weighted by Crippen LogP contribution is -2.45. The van der Waals surface area contributed by atoms with Gasteiger partial charge in [0.25, 0.3) is 5.67 Å². The Kier molecular flexibility index (Phi) is 8.13. The van der Waals surface area contributed by atoms with Crippen LogP contribution in [-0.2, 0) is 31.6 Å². The summed E-state index contributed by atoms with van der Waals surface area (Å²) in [5, 5.41) is 0. The Bertz CT molecular complexity index is 1120. The molecule has 0 spiro atoms. The number of aromatic amines is 1. The van der Waals surface area contributed by atoms with Crippen LogP contribution in [0.5, 0.6) is 0 Å². The van der Waals surface area contributed by atoms with E-state index in [1.807, 2.05) is 0 Å². The molecule has 184 valence electrons. The van der Waals surface area contributed by atoms with Crippen molar-refractivity contribution in [2.75, 3.05) is 6.61 Å². The highest BCUT2D eigenvalue weighted by molar-refractivity contribution is 7.72. The van der Waals surface area contributed by atoms with Crippen LogP contribution >= 0.6 is 47.9 Å². The summed E-state index contributed by atoms with van der Waals surface area (Å²) in [6, 6.07) is 1.10. The van der Waals surface area contributed by atoms with Crippen LogP contribution < -0.4 is 0 Å². The van der Waals surface area contributed by atoms with Crippen molar-refractivity contribution in [3.63, 3.8) is 0 Å². The molecule has 2 unspecified atom stereocenters. The van der Waals surface area contributed by atoms with Crippen LogP contribution in [0.2, 0.25) is 0 Å². The van der Waals surface area contributed by atoms with Crippen molar-refractivity contribution in [1.82, 2.24) is 9.55 Å². The third-order valence-electron chi connectivity index (χ3n) is 3.65. The van der Waals surface area contributed by atoms with Gasteiger partial charge in [-0.2, -0.15) is 21.8 Å². The van der Waals surface area contributed by atoms with Gasteiger partial charge in [-0.05, 0) is 18.3 Å². The molecule has 1 aromatic heterocycles. The van der Waals surface area contributed by atoms with E-state index in [1.54, 1.807) is 0 Å². The maximum atomic E-state index is 15.0. The third-order valence-corrected chi connectivity index (χ3v) is 8.01. The Morgan fingerprint density at radius 1 is 1.19 bits per heavy atom. The van der Waals surface area contributed by atoms with Crippen LogP contribution in [0.3, 0.4) is 0 Å². The molecular weight excluding hydrogens is 557 g/mol. The molecule has 5 atom stereocenters. The highest BCUT2D eigenvalue weighted by Gasteiger charge is 2.67. The van der Waals surface area contributed by atoms with Crippen molar-refractivity contribution in [1.29, 1.82) is 0 Å². The average molecular weight is 570 g/mol. The molecule has 1 aliphatic heterocycles. The molecule has 13 nitrogen and oxygen atoms in total. The lowest BCUT2D eigenvalue weighted by Gasteiger charge is -2.29. The van der Waals surface area contributed by atoms with E-state index in [0.29, 0.717) is 4.57 Å². The van der Waals surface area contributed by atoms with Gasteiger partial charge in [0.05, 0.1) is 12.7 Å². The fourth-order valence-corrected chi connectivity index (χ4v) is 6.04. The van der Waals surface area contributed by atoms with Crippen molar-refractivity contribution < 1.29 is 68.7 Å². The molecule has 5 N–H and O–H groups in total. The topological polar surface area (TPSA) is 190 Å². The summed E-state index contributed by atoms with van der Waals surface area (Å²) in [5.41, 5.74) is -4.05. The van der Waals surface area contributed by atoms with Gasteiger partial charge in [0.2, 0.25) is 0 Å². The minimum Gasteiger partial charge on any atom is -0.348 e. The molecule has 32 heavy (non-hydrogen) atoms. The Hall–Kier alpha value is -0.390. The Balaban J connectivity index is 2.21. The smallest absolute Gasteiger partial charge is 0.348 e. The van der Waals surface area contributed by atoms with Gasteiger partial charge < -0.3 is 29.3 Å². The number of nitrogens with zero attached hydrogens (tertiary/aromatic N) is 1. The first-order valence-electron chi connectivity index (χ1n) is 7.76. The number of ether oxygens (including phenoxy) is 1. The number of phosphoric acid groups is 3. The summed E-state index contributed by atoms with van der Waals surface area (Å²) >= 11 is 9.58. The van der Waals surface area contributed by atoms with Gasteiger partial charge in [-0.25, -0.2) is 18.1 Å². The summed E-state index contributed by atoms with van der Waals surface area (Å²) in [7, 11) is -17.2. The number of rotatable bonds is 8. The van der Waals surface area contributed by atoms with E-state index in [-0.39, 0.29) is 4.64 Å². The number of nitrogens with one attached hydrogen (secondary N) is 1. The number of H-pyrrole nitrogens is 1. The molecule has 0 amide bonds. The quantitative estimate of drug-likeness (QED) is 0.174. The first kappa shape index (κ1) is 27.9. The highest BCUT2D eigenvalue weighted by Crippen LogP contribution is 2.66. The fraction of sp³-hybridized carbons (Fsp3) is 0.600. The largest absolute Gasteiger partial charge is 0.490 e. The van der Waals surface area contributed by atoms with Crippen molar-refractivity contribution in [3.8, 4) is 0 Å². The normalized spacial score (nSPS) is 28.2. The van der Waals surface area contributed by atoms with E-state index < -0.39 is 65.4 Å². The molecule has 22 heteroatoms. The zero-order valence-electron chi connectivity index (χ0n) is 15.0. The molecule has 2 rings (SSSR count). The third kappa shape index (κ3) is 7.06. The molecule has 0 aliphatic carbocycles. The van der Waals surface area contributed by atoms with E-state index in [0.717, 1.165) is 12.3 Å². The Morgan fingerprint density at radius 2 is 1.78 bits per heavy atom. The second-order valence-corrected chi connectivity index (χ2v) is 11.3. The van der Waals surface area contributed by atoms with E-state index in [9.17, 15) is 31.8 Å². The van der Waals surface area contributed by atoms with Crippen LogP contribution in [0.1, 0.15) is 12.6 Å². The number of phosphoric ester groups is 1. The SMILES string of the molecule is O=P(O)(O)OP(=O)(O)OP(=O)(O)OC[C@@H]1C[C@](F)(C(F)(F)F)[C@H](n2ccc(=S)[nH]c2=S)O1. The molecule has 0 saturated carbocycles. The van der Waals surface area contributed by atoms with Crippen LogP contribution in [-0.4, -0.2) is 53.7 Å². The molecule has 1 aromatic rings. The van der Waals surface area contributed by atoms with Gasteiger partial charge in [0.15, 0.2) is 11.0 Å². The predicted octanol–water partition coefficient (Wildman–Crippen LogP) is 3.18. The molecular formula is C10H13F4N2O11P3S2. The van der Waals surface area contributed by atoms with Crippen LogP contribution in [0, 0.1) is 9.41 Å². The first-order valence-corrected chi connectivity index (χ1v) is 13.1. The van der Waals surface area contributed by atoms with Gasteiger partial charge in [0, 0.05) is 12.6 Å². The maximum absolute atomic E-state index is 15.0. The zero-order chi connectivity index (χ0) is 24.8. The number of hydrogen-bond donors (Lipinski definition) is 5. The second kappa shape index (κ2) is 9.34. The molecule has 1 saturated heterocycles. The van der Waals surface area contributed by atoms with E-state index in [4.69, 9.17) is 43.9 Å². The summed E-state index contributed by atoms with van der Waals surface area (Å²) in [5.74, 6) is 0. The molecule has 0 aromatic carbocycles. The minimum absolute atomic E-state index is 0.0323. The van der Waals surface area contributed by atoms with Crippen molar-refractivity contribution in [3.05, 3.63) is 21.7 Å². The van der Waals surface area contributed by atoms with E-state index in [2.05, 4.69) is 18.1 Å². The van der Waals surface area contributed by atoms with Gasteiger partial charge in [-0.1, -0.05) is 12.2 Å². The van der Waals surface area contributed by atoms with Crippen molar-refractivity contribution >= 4 is 47.9 Å². The second-order valence-electron chi connectivity index (χ2n) is 6.08. The summed E-state index contributed by atoms with van der Waals surface area (Å²) < 4.78 is 105. The maximum Gasteiger partial charge on any atom is 0.490 e. The monoisotopic (exact) mass is 570 g/mol. The molecule has 1 fully saturated rings. The highest BCUT2D eigenvalue weighted by atomic mass is 32.1. The molecule has 0 radical (unpaired) electrons. The standard InChI is InChI=1S/C10H13F4N2O11P3S2/c11-9(10(12,13)14)3-5(25-7(9)16-2-1-6(31)15-8(16)32)4-24-29(20,21)27-30(22,23)26-28(17,18)19/h1-2,5,7H,3-4H2,(H,20,21)(H,22,23)(H,15,31,32)(H2,17,18,19)/t5-,7+,9+/m0/s1. The lowest BCUT2D eigenvalue weighted by atomic mass is 9.99. The first-order chi connectivity index (χ1) is 14.2. The van der Waals surface area contributed by atoms with E-state index >= 15 is 4.39 Å². The number of aromatic nitrogens is 2. The van der Waals surface area contributed by atoms with E-state index in [1.165, 1.54) is 0 Å². The Labute approximate surface area is 185 Å². The number of hydrogen-bond acceptors (Lipinski definition) is 9. The van der Waals surface area contributed by atoms with Gasteiger partial charge in [-0.15, -0.1) is 0 Å². The Morgan fingerprint density at radius 3 is 2.28 bits per heavy atom. The predicted molar refractivity (Wildman–Crippen MR) is 98.7 cm³/mol. The van der Waals surface area contributed by atoms with Gasteiger partial charge >= 0.3 is 29.6 Å². The van der Waals surface area contributed by atoms with Crippen molar-refractivity contribution in [2.24, 2.45) is 0 Å². The number of halogens is 4. The fourth-order valence-electron chi connectivity index (χ4n) is 2.50.